The van der Waals surface area contributed by atoms with Gasteiger partial charge in [0.05, 0.1) is 5.69 Å². The Bertz CT molecular complexity index is 927. The van der Waals surface area contributed by atoms with Gasteiger partial charge in [0.15, 0.2) is 16.6 Å². The van der Waals surface area contributed by atoms with Crippen molar-refractivity contribution in [3.05, 3.63) is 69.7 Å². The molecular weight excluding hydrogens is 340 g/mol. The number of aromatic nitrogens is 4. The molecule has 2 heterocycles. The molecule has 0 saturated carbocycles. The van der Waals surface area contributed by atoms with E-state index in [-0.39, 0.29) is 22.4 Å². The van der Waals surface area contributed by atoms with Crippen LogP contribution in [0.2, 0.25) is 0 Å². The SMILES string of the molecule is CC(=O)c1ccc(Cc2csc(C(=O)C=C(O)c3nc[nH]n3)n2)cc1. The Morgan fingerprint density at radius 3 is 2.68 bits per heavy atom. The van der Waals surface area contributed by atoms with E-state index in [0.29, 0.717) is 12.0 Å². The van der Waals surface area contributed by atoms with Crippen molar-refractivity contribution >= 4 is 28.7 Å². The largest absolute Gasteiger partial charge is 0.504 e. The number of aliphatic hydroxyl groups excluding tert-OH is 1. The average Bonchev–Trinajstić information content (AvgIpc) is 3.27. The Labute approximate surface area is 147 Å². The first-order valence-corrected chi connectivity index (χ1v) is 8.26. The van der Waals surface area contributed by atoms with E-state index >= 15 is 0 Å². The van der Waals surface area contributed by atoms with E-state index in [2.05, 4.69) is 20.2 Å². The van der Waals surface area contributed by atoms with Gasteiger partial charge in [0.2, 0.25) is 11.6 Å². The molecule has 0 aliphatic heterocycles. The molecule has 0 aliphatic carbocycles. The highest BCUT2D eigenvalue weighted by molar-refractivity contribution is 7.11. The van der Waals surface area contributed by atoms with E-state index in [1.54, 1.807) is 17.5 Å². The molecule has 0 aliphatic rings. The molecular formula is C17H14N4O3S. The van der Waals surface area contributed by atoms with Crippen molar-refractivity contribution in [3.63, 3.8) is 0 Å². The lowest BCUT2D eigenvalue weighted by Crippen LogP contribution is -1.98. The van der Waals surface area contributed by atoms with E-state index in [1.807, 2.05) is 12.1 Å². The van der Waals surface area contributed by atoms with Crippen LogP contribution in [0.4, 0.5) is 0 Å². The molecule has 0 fully saturated rings. The van der Waals surface area contributed by atoms with Crippen molar-refractivity contribution in [1.29, 1.82) is 0 Å². The number of hydrogen-bond donors (Lipinski definition) is 2. The molecule has 3 rings (SSSR count). The summed E-state index contributed by atoms with van der Waals surface area (Å²) in [4.78, 5) is 31.5. The summed E-state index contributed by atoms with van der Waals surface area (Å²) < 4.78 is 0. The molecule has 7 nitrogen and oxygen atoms in total. The number of hydrogen-bond acceptors (Lipinski definition) is 7. The number of nitrogens with one attached hydrogen (secondary N) is 1. The summed E-state index contributed by atoms with van der Waals surface area (Å²) in [6.07, 6.45) is 2.91. The number of nitrogens with zero attached hydrogens (tertiary/aromatic N) is 3. The van der Waals surface area contributed by atoms with Crippen molar-refractivity contribution in [1.82, 2.24) is 20.2 Å². The Morgan fingerprint density at radius 2 is 2.04 bits per heavy atom. The molecule has 126 valence electrons. The van der Waals surface area contributed by atoms with Crippen molar-refractivity contribution < 1.29 is 14.7 Å². The summed E-state index contributed by atoms with van der Waals surface area (Å²) in [6, 6.07) is 7.28. The fraction of sp³-hybridized carbons (Fsp3) is 0.118. The molecule has 0 atom stereocenters. The smallest absolute Gasteiger partial charge is 0.218 e. The van der Waals surface area contributed by atoms with Gasteiger partial charge in [-0.05, 0) is 12.5 Å². The van der Waals surface area contributed by atoms with Crippen molar-refractivity contribution in [2.24, 2.45) is 0 Å². The summed E-state index contributed by atoms with van der Waals surface area (Å²) in [7, 11) is 0. The summed E-state index contributed by atoms with van der Waals surface area (Å²) >= 11 is 1.21. The number of ketones is 2. The van der Waals surface area contributed by atoms with E-state index in [9.17, 15) is 14.7 Å². The van der Waals surface area contributed by atoms with Crippen molar-refractivity contribution in [2.45, 2.75) is 13.3 Å². The quantitative estimate of drug-likeness (QED) is 0.400. The summed E-state index contributed by atoms with van der Waals surface area (Å²) in [6.45, 7) is 1.52. The van der Waals surface area contributed by atoms with Crippen molar-refractivity contribution in [3.8, 4) is 0 Å². The minimum atomic E-state index is -0.412. The van der Waals surface area contributed by atoms with Crippen LogP contribution in [0.25, 0.3) is 5.76 Å². The van der Waals surface area contributed by atoms with Crippen LogP contribution in [0.1, 0.15) is 44.2 Å². The van der Waals surface area contributed by atoms with Gasteiger partial charge in [0, 0.05) is 23.4 Å². The third-order valence-electron chi connectivity index (χ3n) is 3.42. The molecule has 0 bridgehead atoms. The maximum atomic E-state index is 12.1. The third-order valence-corrected chi connectivity index (χ3v) is 4.33. The molecule has 2 N–H and O–H groups in total. The van der Waals surface area contributed by atoms with Gasteiger partial charge in [-0.25, -0.2) is 9.97 Å². The molecule has 0 radical (unpaired) electrons. The Kier molecular flexibility index (Phi) is 4.80. The maximum Gasteiger partial charge on any atom is 0.218 e. The number of carbonyl (C=O) groups excluding carboxylic acids is 2. The van der Waals surface area contributed by atoms with Crippen LogP contribution in [-0.4, -0.2) is 36.8 Å². The van der Waals surface area contributed by atoms with Crippen LogP contribution in [-0.2, 0) is 6.42 Å². The van der Waals surface area contributed by atoms with Crippen LogP contribution in [0.5, 0.6) is 0 Å². The number of aromatic amines is 1. The monoisotopic (exact) mass is 354 g/mol. The Balaban J connectivity index is 1.70. The predicted molar refractivity (Wildman–Crippen MR) is 92.7 cm³/mol. The lowest BCUT2D eigenvalue weighted by Gasteiger charge is -2.00. The van der Waals surface area contributed by atoms with E-state index in [1.165, 1.54) is 24.6 Å². The van der Waals surface area contributed by atoms with E-state index in [4.69, 9.17) is 0 Å². The number of rotatable bonds is 6. The highest BCUT2D eigenvalue weighted by Crippen LogP contribution is 2.17. The van der Waals surface area contributed by atoms with Gasteiger partial charge >= 0.3 is 0 Å². The lowest BCUT2D eigenvalue weighted by atomic mass is 10.1. The zero-order valence-electron chi connectivity index (χ0n) is 13.3. The van der Waals surface area contributed by atoms with Crippen LogP contribution in [0.15, 0.2) is 42.0 Å². The number of aliphatic hydroxyl groups is 1. The molecule has 0 spiro atoms. The third kappa shape index (κ3) is 4.04. The van der Waals surface area contributed by atoms with Crippen LogP contribution < -0.4 is 0 Å². The fourth-order valence-corrected chi connectivity index (χ4v) is 2.88. The first-order valence-electron chi connectivity index (χ1n) is 7.38. The topological polar surface area (TPSA) is 109 Å². The van der Waals surface area contributed by atoms with Crippen LogP contribution in [0.3, 0.4) is 0 Å². The fourth-order valence-electron chi connectivity index (χ4n) is 2.15. The summed E-state index contributed by atoms with van der Waals surface area (Å²) in [5.41, 5.74) is 2.40. The molecule has 1 aromatic carbocycles. The number of H-pyrrole nitrogens is 1. The van der Waals surface area contributed by atoms with Gasteiger partial charge in [-0.15, -0.1) is 11.3 Å². The van der Waals surface area contributed by atoms with Gasteiger partial charge in [0.25, 0.3) is 0 Å². The maximum absolute atomic E-state index is 12.1. The van der Waals surface area contributed by atoms with E-state index in [0.717, 1.165) is 17.3 Å². The highest BCUT2D eigenvalue weighted by atomic mass is 32.1. The van der Waals surface area contributed by atoms with Crippen LogP contribution >= 0.6 is 11.3 Å². The minimum absolute atomic E-state index is 0.0195. The lowest BCUT2D eigenvalue weighted by molar-refractivity contribution is 0.101. The first kappa shape index (κ1) is 16.7. The summed E-state index contributed by atoms with van der Waals surface area (Å²) in [5.74, 6) is -0.657. The standard InChI is InChI=1S/C17H14N4O3S/c1-10(22)12-4-2-11(3-5-12)6-13-8-25-17(20-13)15(24)7-14(23)16-18-9-19-21-16/h2-5,7-9,23H,6H2,1H3,(H,18,19,21). The van der Waals surface area contributed by atoms with Gasteiger partial charge < -0.3 is 5.11 Å². The molecule has 8 heteroatoms. The number of allylic oxidation sites excluding steroid dienone is 1. The Hall–Kier alpha value is -3.13. The van der Waals surface area contributed by atoms with E-state index < -0.39 is 5.78 Å². The minimum Gasteiger partial charge on any atom is -0.504 e. The molecule has 25 heavy (non-hydrogen) atoms. The zero-order valence-corrected chi connectivity index (χ0v) is 14.1. The van der Waals surface area contributed by atoms with Gasteiger partial charge in [0.1, 0.15) is 6.33 Å². The molecule has 3 aromatic rings. The second kappa shape index (κ2) is 7.18. The zero-order chi connectivity index (χ0) is 17.8. The van der Waals surface area contributed by atoms with Gasteiger partial charge in [-0.3, -0.25) is 14.7 Å². The number of thiazole rings is 1. The first-order chi connectivity index (χ1) is 12.0. The normalized spacial score (nSPS) is 11.5. The van der Waals surface area contributed by atoms with Crippen LogP contribution in [0, 0.1) is 0 Å². The number of Topliss-reactive ketones (excluding diaryl/α,β-unsaturated/α-hetero) is 1. The van der Waals surface area contributed by atoms with Gasteiger partial charge in [-0.1, -0.05) is 24.3 Å². The number of benzene rings is 1. The second-order valence-electron chi connectivity index (χ2n) is 5.29. The highest BCUT2D eigenvalue weighted by Gasteiger charge is 2.13. The molecule has 0 unspecified atom stereocenters. The molecule has 0 amide bonds. The predicted octanol–water partition coefficient (Wildman–Crippen LogP) is 2.84. The molecule has 0 saturated heterocycles. The van der Waals surface area contributed by atoms with Gasteiger partial charge in [-0.2, -0.15) is 5.10 Å². The summed E-state index contributed by atoms with van der Waals surface area (Å²) in [5, 5.41) is 18.0. The molecule has 2 aromatic heterocycles. The second-order valence-corrected chi connectivity index (χ2v) is 6.15. The number of carbonyl (C=O) groups is 2. The van der Waals surface area contributed by atoms with Crippen molar-refractivity contribution in [2.75, 3.05) is 0 Å². The Morgan fingerprint density at radius 1 is 1.28 bits per heavy atom. The average molecular weight is 354 g/mol.